The largest absolute Gasteiger partial charge is 0.364 e. The molecule has 1 unspecified atom stereocenters. The maximum atomic E-state index is 14.4. The average Bonchev–Trinajstić information content (AvgIpc) is 2.77. The van der Waals surface area contributed by atoms with Gasteiger partial charge in [-0.2, -0.15) is 0 Å². The van der Waals surface area contributed by atoms with Gasteiger partial charge in [0.2, 0.25) is 0 Å². The summed E-state index contributed by atoms with van der Waals surface area (Å²) >= 11 is 0. The van der Waals surface area contributed by atoms with E-state index in [4.69, 9.17) is 5.73 Å². The summed E-state index contributed by atoms with van der Waals surface area (Å²) in [5.74, 6) is -0.904. The Morgan fingerprint density at radius 1 is 1.52 bits per heavy atom. The van der Waals surface area contributed by atoms with Gasteiger partial charge in [0.1, 0.15) is 13.9 Å². The van der Waals surface area contributed by atoms with Crippen molar-refractivity contribution < 1.29 is 9.18 Å². The van der Waals surface area contributed by atoms with E-state index in [1.165, 1.54) is 6.04 Å². The van der Waals surface area contributed by atoms with Crippen LogP contribution < -0.4 is 10.7 Å². The highest BCUT2D eigenvalue weighted by molar-refractivity contribution is 6.75. The van der Waals surface area contributed by atoms with Crippen molar-refractivity contribution in [2.45, 2.75) is 44.9 Å². The van der Waals surface area contributed by atoms with Crippen molar-refractivity contribution in [3.63, 3.8) is 0 Å². The lowest BCUT2D eigenvalue weighted by molar-refractivity contribution is 0.0989. The first-order chi connectivity index (χ1) is 10.8. The third-order valence-electron chi connectivity index (χ3n) is 4.78. The quantitative estimate of drug-likeness (QED) is 0.829. The number of rotatable bonds is 2. The van der Waals surface area contributed by atoms with Crippen molar-refractivity contribution in [3.8, 4) is 0 Å². The third-order valence-corrected chi connectivity index (χ3v) is 7.55. The maximum absolute atomic E-state index is 14.4. The summed E-state index contributed by atoms with van der Waals surface area (Å²) in [6, 6.07) is 2.85. The van der Waals surface area contributed by atoms with Crippen molar-refractivity contribution in [3.05, 3.63) is 29.5 Å². The summed E-state index contributed by atoms with van der Waals surface area (Å²) < 4.78 is 16.3. The van der Waals surface area contributed by atoms with E-state index >= 15 is 0 Å². The first-order valence-electron chi connectivity index (χ1n) is 8.01. The first kappa shape index (κ1) is 16.1. The maximum Gasteiger partial charge on any atom is 0.265 e. The van der Waals surface area contributed by atoms with E-state index < -0.39 is 14.1 Å². The number of nitrogens with two attached hydrogens (primary N) is 1. The molecule has 3 N–H and O–H groups in total. The lowest BCUT2D eigenvalue weighted by atomic mass is 10.1. The monoisotopic (exact) mass is 334 g/mol. The number of aryl methyl sites for hydroxylation is 1. The minimum Gasteiger partial charge on any atom is -0.364 e. The predicted molar refractivity (Wildman–Crippen MR) is 91.5 cm³/mol. The van der Waals surface area contributed by atoms with Crippen molar-refractivity contribution in [2.24, 2.45) is 5.73 Å². The van der Waals surface area contributed by atoms with Gasteiger partial charge in [-0.05, 0) is 25.5 Å². The number of halogens is 1. The topological polar surface area (TPSA) is 72.9 Å². The number of nitrogens with zero attached hydrogens (tertiary/aromatic N) is 2. The molecule has 0 saturated carbocycles. The molecule has 1 aliphatic rings. The van der Waals surface area contributed by atoms with E-state index in [2.05, 4.69) is 23.1 Å². The Kier molecular flexibility index (Phi) is 4.01. The summed E-state index contributed by atoms with van der Waals surface area (Å²) in [7, 11) is -1.40. The van der Waals surface area contributed by atoms with Gasteiger partial charge < -0.3 is 15.3 Å². The Balaban J connectivity index is 2.13. The van der Waals surface area contributed by atoms with Crippen LogP contribution in [0.5, 0.6) is 0 Å². The third kappa shape index (κ3) is 2.90. The number of pyridine rings is 1. The molecule has 1 aliphatic heterocycles. The number of carbonyl (C=O) groups excluding carboxylic acids is 1. The summed E-state index contributed by atoms with van der Waals surface area (Å²) in [4.78, 5) is 19.7. The van der Waals surface area contributed by atoms with Crippen molar-refractivity contribution >= 4 is 25.0 Å². The van der Waals surface area contributed by atoms with Gasteiger partial charge in [0, 0.05) is 18.0 Å². The summed E-state index contributed by atoms with van der Waals surface area (Å²) in [6.45, 7) is 7.02. The molecule has 7 heteroatoms. The van der Waals surface area contributed by atoms with Crippen molar-refractivity contribution in [1.29, 1.82) is 0 Å². The van der Waals surface area contributed by atoms with Gasteiger partial charge in [-0.1, -0.05) is 19.5 Å². The SMILES string of the molecule is Cc1ncc2c(cc(C(N)=O)n2C2CCC[Si](C)(C)NC2)c1F. The molecule has 0 bridgehead atoms. The predicted octanol–water partition coefficient (Wildman–Crippen LogP) is 2.71. The second kappa shape index (κ2) is 5.72. The van der Waals surface area contributed by atoms with Gasteiger partial charge in [-0.25, -0.2) is 4.39 Å². The molecule has 1 atom stereocenters. The van der Waals surface area contributed by atoms with Gasteiger partial charge in [-0.15, -0.1) is 0 Å². The molecule has 3 rings (SSSR count). The molecule has 1 saturated heterocycles. The van der Waals surface area contributed by atoms with Crippen LogP contribution in [-0.4, -0.2) is 30.2 Å². The van der Waals surface area contributed by atoms with E-state index in [9.17, 15) is 9.18 Å². The number of fused-ring (bicyclic) bond motifs is 1. The fraction of sp³-hybridized carbons (Fsp3) is 0.500. The van der Waals surface area contributed by atoms with Crippen LogP contribution in [0.15, 0.2) is 12.3 Å². The fourth-order valence-corrected chi connectivity index (χ4v) is 5.48. The Hall–Kier alpha value is -1.73. The smallest absolute Gasteiger partial charge is 0.265 e. The van der Waals surface area contributed by atoms with E-state index in [-0.39, 0.29) is 11.9 Å². The fourth-order valence-electron chi connectivity index (χ4n) is 3.42. The number of nitrogens with one attached hydrogen (secondary N) is 1. The zero-order chi connectivity index (χ0) is 16.8. The minimum atomic E-state index is -1.40. The molecule has 0 radical (unpaired) electrons. The van der Waals surface area contributed by atoms with E-state index in [1.54, 1.807) is 19.2 Å². The molecule has 1 fully saturated rings. The normalized spacial score (nSPS) is 21.3. The average molecular weight is 334 g/mol. The molecular formula is C16H23FN4OSi. The van der Waals surface area contributed by atoms with Crippen LogP contribution >= 0.6 is 0 Å². The molecule has 23 heavy (non-hydrogen) atoms. The summed E-state index contributed by atoms with van der Waals surface area (Å²) in [5.41, 5.74) is 6.89. The zero-order valence-electron chi connectivity index (χ0n) is 13.8. The Morgan fingerprint density at radius 3 is 2.96 bits per heavy atom. The molecule has 3 heterocycles. The van der Waals surface area contributed by atoms with E-state index in [0.717, 1.165) is 19.4 Å². The molecule has 124 valence electrons. The van der Waals surface area contributed by atoms with Crippen molar-refractivity contribution in [1.82, 2.24) is 14.5 Å². The lowest BCUT2D eigenvalue weighted by Crippen LogP contribution is -2.45. The molecule has 0 spiro atoms. The number of primary amides is 1. The molecule has 0 aromatic carbocycles. The van der Waals surface area contributed by atoms with Gasteiger partial charge in [0.15, 0.2) is 5.82 Å². The van der Waals surface area contributed by atoms with E-state index in [0.29, 0.717) is 22.3 Å². The van der Waals surface area contributed by atoms with Crippen LogP contribution in [0.2, 0.25) is 19.1 Å². The highest BCUT2D eigenvalue weighted by atomic mass is 28.3. The van der Waals surface area contributed by atoms with Crippen LogP contribution in [0.4, 0.5) is 4.39 Å². The van der Waals surface area contributed by atoms with Crippen LogP contribution in [-0.2, 0) is 0 Å². The summed E-state index contributed by atoms with van der Waals surface area (Å²) in [5, 5.41) is 0.423. The Morgan fingerprint density at radius 2 is 2.26 bits per heavy atom. The number of carbonyl (C=O) groups is 1. The van der Waals surface area contributed by atoms with Gasteiger partial charge in [-0.3, -0.25) is 9.78 Å². The Labute approximate surface area is 136 Å². The van der Waals surface area contributed by atoms with Gasteiger partial charge >= 0.3 is 0 Å². The van der Waals surface area contributed by atoms with Crippen LogP contribution in [0, 0.1) is 12.7 Å². The molecule has 1 amide bonds. The molecule has 5 nitrogen and oxygen atoms in total. The van der Waals surface area contributed by atoms with E-state index in [1.807, 2.05) is 4.57 Å². The van der Waals surface area contributed by atoms with Crippen LogP contribution in [0.25, 0.3) is 10.9 Å². The van der Waals surface area contributed by atoms with Crippen LogP contribution in [0.1, 0.15) is 35.1 Å². The van der Waals surface area contributed by atoms with Gasteiger partial charge in [0.05, 0.1) is 17.4 Å². The second-order valence-corrected chi connectivity index (χ2v) is 11.7. The minimum absolute atomic E-state index is 0.0909. The first-order valence-corrected chi connectivity index (χ1v) is 11.2. The Bertz CT molecular complexity index is 771. The highest BCUT2D eigenvalue weighted by Gasteiger charge is 2.29. The van der Waals surface area contributed by atoms with Crippen molar-refractivity contribution in [2.75, 3.05) is 6.54 Å². The number of hydrogen-bond donors (Lipinski definition) is 2. The van der Waals surface area contributed by atoms with Gasteiger partial charge in [0.25, 0.3) is 5.91 Å². The molecule has 0 aliphatic carbocycles. The number of hydrogen-bond acceptors (Lipinski definition) is 3. The second-order valence-electron chi connectivity index (χ2n) is 7.03. The lowest BCUT2D eigenvalue weighted by Gasteiger charge is -2.24. The number of aromatic nitrogens is 2. The molecule has 2 aromatic heterocycles. The van der Waals surface area contributed by atoms with Crippen LogP contribution in [0.3, 0.4) is 0 Å². The molecule has 2 aromatic rings. The summed E-state index contributed by atoms with van der Waals surface area (Å²) in [6.07, 6.45) is 3.69. The standard InChI is InChI=1S/C16H23FN4OSi/c1-10-15(17)12-7-13(16(18)22)21(14(12)9-19-10)11-5-4-6-23(2,3)20-8-11/h7,9,11,20H,4-6,8H2,1-3H3,(H2,18,22). The highest BCUT2D eigenvalue weighted by Crippen LogP contribution is 2.31. The number of amides is 1. The zero-order valence-corrected chi connectivity index (χ0v) is 14.8. The molecular weight excluding hydrogens is 311 g/mol.